The minimum atomic E-state index is -3.27. The molecule has 1 aromatic carbocycles. The van der Waals surface area contributed by atoms with Crippen molar-refractivity contribution in [1.29, 1.82) is 0 Å². The van der Waals surface area contributed by atoms with Gasteiger partial charge in [-0.1, -0.05) is 26.0 Å². The number of nitrogens with one attached hydrogen (secondary N) is 1. The van der Waals surface area contributed by atoms with Crippen molar-refractivity contribution in [1.82, 2.24) is 5.32 Å². The van der Waals surface area contributed by atoms with Gasteiger partial charge in [0.05, 0.1) is 17.1 Å². The number of hydrogen-bond donors (Lipinski definition) is 2. The fourth-order valence-electron chi connectivity index (χ4n) is 1.81. The molecule has 122 valence electrons. The summed E-state index contributed by atoms with van der Waals surface area (Å²) in [6.07, 6.45) is 0.261. The van der Waals surface area contributed by atoms with Gasteiger partial charge in [0.15, 0.2) is 9.84 Å². The number of carboxylic acids is 1. The van der Waals surface area contributed by atoms with Gasteiger partial charge in [0.2, 0.25) is 5.91 Å². The van der Waals surface area contributed by atoms with Gasteiger partial charge in [0.25, 0.3) is 0 Å². The second-order valence-electron chi connectivity index (χ2n) is 5.26. The number of sulfone groups is 1. The Morgan fingerprint density at radius 1 is 1.18 bits per heavy atom. The van der Waals surface area contributed by atoms with Crippen LogP contribution in [0, 0.1) is 0 Å². The average molecular weight is 327 g/mol. The number of aliphatic carboxylic acids is 1. The Labute approximate surface area is 130 Å². The third-order valence-corrected chi connectivity index (χ3v) is 5.37. The van der Waals surface area contributed by atoms with E-state index in [0.717, 1.165) is 0 Å². The highest BCUT2D eigenvalue weighted by Crippen LogP contribution is 2.14. The molecule has 1 amide bonds. The highest BCUT2D eigenvalue weighted by molar-refractivity contribution is 7.91. The smallest absolute Gasteiger partial charge is 0.329 e. The minimum Gasteiger partial charge on any atom is -0.480 e. The van der Waals surface area contributed by atoms with Crippen LogP contribution in [0.1, 0.15) is 32.8 Å². The molecule has 0 aliphatic heterocycles. The molecule has 2 N–H and O–H groups in total. The van der Waals surface area contributed by atoms with Crippen LogP contribution in [0.3, 0.4) is 0 Å². The van der Waals surface area contributed by atoms with Crippen molar-refractivity contribution < 1.29 is 23.1 Å². The van der Waals surface area contributed by atoms with Gasteiger partial charge in [-0.05, 0) is 31.0 Å². The van der Waals surface area contributed by atoms with Crippen LogP contribution in [0.2, 0.25) is 0 Å². The van der Waals surface area contributed by atoms with Crippen LogP contribution in [0.5, 0.6) is 0 Å². The van der Waals surface area contributed by atoms with Gasteiger partial charge in [0.1, 0.15) is 5.54 Å². The standard InChI is InChI=1S/C15H21NO5S/c1-4-15(3,14(18)19)16-13(17)10-11-6-8-12(9-7-11)22(20,21)5-2/h6-9H,4-5,10H2,1-3H3,(H,16,17)(H,18,19). The molecule has 0 radical (unpaired) electrons. The molecule has 7 heteroatoms. The van der Waals surface area contributed by atoms with Gasteiger partial charge in [0, 0.05) is 0 Å². The molecule has 1 aromatic rings. The van der Waals surface area contributed by atoms with Crippen LogP contribution >= 0.6 is 0 Å². The van der Waals surface area contributed by atoms with E-state index < -0.39 is 27.3 Å². The molecule has 1 rings (SSSR count). The van der Waals surface area contributed by atoms with Crippen molar-refractivity contribution in [2.45, 2.75) is 44.0 Å². The predicted octanol–water partition coefficient (Wildman–Crippen LogP) is 1.39. The molecule has 0 spiro atoms. The lowest BCUT2D eigenvalue weighted by Crippen LogP contribution is -2.52. The van der Waals surface area contributed by atoms with E-state index in [-0.39, 0.29) is 23.5 Å². The molecule has 22 heavy (non-hydrogen) atoms. The van der Waals surface area contributed by atoms with Crippen molar-refractivity contribution in [2.24, 2.45) is 0 Å². The molecule has 0 aliphatic rings. The number of amides is 1. The fraction of sp³-hybridized carbons (Fsp3) is 0.467. The maximum Gasteiger partial charge on any atom is 0.329 e. The highest BCUT2D eigenvalue weighted by Gasteiger charge is 2.32. The summed E-state index contributed by atoms with van der Waals surface area (Å²) in [7, 11) is -3.27. The van der Waals surface area contributed by atoms with Crippen molar-refractivity contribution >= 4 is 21.7 Å². The third kappa shape index (κ3) is 4.30. The lowest BCUT2D eigenvalue weighted by Gasteiger charge is -2.24. The Morgan fingerprint density at radius 3 is 2.14 bits per heavy atom. The summed E-state index contributed by atoms with van der Waals surface area (Å²) in [5.41, 5.74) is -0.681. The minimum absolute atomic E-state index is 0.00464. The first-order valence-corrected chi connectivity index (χ1v) is 8.66. The van der Waals surface area contributed by atoms with Gasteiger partial charge < -0.3 is 10.4 Å². The quantitative estimate of drug-likeness (QED) is 0.788. The van der Waals surface area contributed by atoms with Gasteiger partial charge in [-0.2, -0.15) is 0 Å². The number of rotatable bonds is 7. The number of carbonyl (C=O) groups excluding carboxylic acids is 1. The summed E-state index contributed by atoms with van der Waals surface area (Å²) in [4.78, 5) is 23.3. The van der Waals surface area contributed by atoms with Crippen LogP contribution in [-0.4, -0.2) is 36.7 Å². The topological polar surface area (TPSA) is 101 Å². The lowest BCUT2D eigenvalue weighted by molar-refractivity contribution is -0.146. The largest absolute Gasteiger partial charge is 0.480 e. The van der Waals surface area contributed by atoms with E-state index in [1.807, 2.05) is 0 Å². The SMILES string of the molecule is CCC(C)(NC(=O)Cc1ccc(S(=O)(=O)CC)cc1)C(=O)O. The van der Waals surface area contributed by atoms with E-state index in [0.29, 0.717) is 5.56 Å². The second kappa shape index (κ2) is 6.91. The Balaban J connectivity index is 2.80. The second-order valence-corrected chi connectivity index (χ2v) is 7.54. The lowest BCUT2D eigenvalue weighted by atomic mass is 9.98. The predicted molar refractivity (Wildman–Crippen MR) is 82.3 cm³/mol. The number of benzene rings is 1. The maximum atomic E-state index is 11.9. The Hall–Kier alpha value is -1.89. The normalized spacial score (nSPS) is 14.1. The van der Waals surface area contributed by atoms with E-state index in [9.17, 15) is 18.0 Å². The molecule has 0 heterocycles. The average Bonchev–Trinajstić information content (AvgIpc) is 2.47. The van der Waals surface area contributed by atoms with Crippen LogP contribution in [0.15, 0.2) is 29.2 Å². The number of hydrogen-bond acceptors (Lipinski definition) is 4. The highest BCUT2D eigenvalue weighted by atomic mass is 32.2. The molecule has 0 aliphatic carbocycles. The molecule has 0 saturated heterocycles. The van der Waals surface area contributed by atoms with Gasteiger partial charge in [-0.15, -0.1) is 0 Å². The number of carboxylic acid groups (broad SMARTS) is 1. The molecular formula is C15H21NO5S. The molecule has 0 aromatic heterocycles. The van der Waals surface area contributed by atoms with Gasteiger partial charge in [-0.25, -0.2) is 13.2 Å². The Bertz CT molecular complexity index is 651. The summed E-state index contributed by atoms with van der Waals surface area (Å²) >= 11 is 0. The first-order valence-electron chi connectivity index (χ1n) is 7.00. The van der Waals surface area contributed by atoms with E-state index in [2.05, 4.69) is 5.32 Å². The van der Waals surface area contributed by atoms with Crippen LogP contribution in [-0.2, 0) is 25.8 Å². The zero-order valence-electron chi connectivity index (χ0n) is 12.9. The molecular weight excluding hydrogens is 306 g/mol. The monoisotopic (exact) mass is 327 g/mol. The summed E-state index contributed by atoms with van der Waals surface area (Å²) in [5.74, 6) is -1.49. The molecule has 1 unspecified atom stereocenters. The molecule has 6 nitrogen and oxygen atoms in total. The van der Waals surface area contributed by atoms with Crippen molar-refractivity contribution in [3.05, 3.63) is 29.8 Å². The zero-order chi connectivity index (χ0) is 17.0. The van der Waals surface area contributed by atoms with Crippen LogP contribution < -0.4 is 5.32 Å². The molecule has 0 fully saturated rings. The summed E-state index contributed by atoms with van der Waals surface area (Å²) in [5, 5.41) is 11.6. The summed E-state index contributed by atoms with van der Waals surface area (Å²) in [6.45, 7) is 4.69. The van der Waals surface area contributed by atoms with Crippen molar-refractivity contribution in [2.75, 3.05) is 5.75 Å². The maximum absolute atomic E-state index is 11.9. The van der Waals surface area contributed by atoms with E-state index in [1.54, 1.807) is 26.0 Å². The van der Waals surface area contributed by atoms with E-state index >= 15 is 0 Å². The van der Waals surface area contributed by atoms with Crippen molar-refractivity contribution in [3.8, 4) is 0 Å². The third-order valence-electron chi connectivity index (χ3n) is 3.62. The van der Waals surface area contributed by atoms with E-state index in [1.165, 1.54) is 19.1 Å². The molecule has 1 atom stereocenters. The van der Waals surface area contributed by atoms with Crippen LogP contribution in [0.25, 0.3) is 0 Å². The van der Waals surface area contributed by atoms with Gasteiger partial charge in [-0.3, -0.25) is 4.79 Å². The Kier molecular flexibility index (Phi) is 5.71. The molecule has 0 bridgehead atoms. The summed E-state index contributed by atoms with van der Waals surface area (Å²) < 4.78 is 23.4. The van der Waals surface area contributed by atoms with Crippen molar-refractivity contribution in [3.63, 3.8) is 0 Å². The zero-order valence-corrected chi connectivity index (χ0v) is 13.7. The Morgan fingerprint density at radius 2 is 1.73 bits per heavy atom. The summed E-state index contributed by atoms with van der Waals surface area (Å²) in [6, 6.07) is 6.04. The van der Waals surface area contributed by atoms with E-state index in [4.69, 9.17) is 5.11 Å². The molecule has 0 saturated carbocycles. The first kappa shape index (κ1) is 18.2. The first-order chi connectivity index (χ1) is 10.1. The number of carbonyl (C=O) groups is 2. The van der Waals surface area contributed by atoms with Crippen LogP contribution in [0.4, 0.5) is 0 Å². The fourth-order valence-corrected chi connectivity index (χ4v) is 2.70. The van der Waals surface area contributed by atoms with Gasteiger partial charge >= 0.3 is 5.97 Å².